The third-order valence-corrected chi connectivity index (χ3v) is 4.06. The first-order valence-corrected chi connectivity index (χ1v) is 8.48. The number of rotatable bonds is 4. The third kappa shape index (κ3) is 7.37. The standard InChI is InChI=1S/C8H16ClF3Si/c1-13(2,3)6-4-5-7(9)8(10,11)12/h7H,4-6H2,1-3H3/t7-/m0/s1. The van der Waals surface area contributed by atoms with Crippen molar-refractivity contribution in [3.63, 3.8) is 0 Å². The fourth-order valence-electron chi connectivity index (χ4n) is 0.975. The molecule has 0 fully saturated rings. The van der Waals surface area contributed by atoms with Gasteiger partial charge >= 0.3 is 6.18 Å². The van der Waals surface area contributed by atoms with Crippen LogP contribution in [0.4, 0.5) is 13.2 Å². The van der Waals surface area contributed by atoms with Crippen molar-refractivity contribution in [2.45, 2.75) is 50.1 Å². The second-order valence-electron chi connectivity index (χ2n) is 4.46. The Labute approximate surface area is 83.5 Å². The summed E-state index contributed by atoms with van der Waals surface area (Å²) in [6.45, 7) is 6.43. The SMILES string of the molecule is C[Si](C)(C)CCC[C@H](Cl)C(F)(F)F. The minimum Gasteiger partial charge on any atom is -0.169 e. The maximum Gasteiger partial charge on any atom is 0.404 e. The molecule has 0 saturated carbocycles. The molecule has 0 saturated heterocycles. The summed E-state index contributed by atoms with van der Waals surface area (Å²) in [6.07, 6.45) is -3.60. The van der Waals surface area contributed by atoms with Crippen molar-refractivity contribution in [3.8, 4) is 0 Å². The van der Waals surface area contributed by atoms with Gasteiger partial charge in [0.1, 0.15) is 5.38 Å². The molecule has 0 spiro atoms. The average Bonchev–Trinajstić information content (AvgIpc) is 1.82. The number of hydrogen-bond acceptors (Lipinski definition) is 0. The Kier molecular flexibility index (Phi) is 4.79. The van der Waals surface area contributed by atoms with E-state index < -0.39 is 19.6 Å². The average molecular weight is 233 g/mol. The molecule has 0 bridgehead atoms. The number of halogens is 4. The van der Waals surface area contributed by atoms with E-state index in [9.17, 15) is 13.2 Å². The van der Waals surface area contributed by atoms with Crippen LogP contribution in [0.3, 0.4) is 0 Å². The molecule has 0 rings (SSSR count). The second-order valence-corrected chi connectivity index (χ2v) is 10.6. The van der Waals surface area contributed by atoms with Gasteiger partial charge in [-0.1, -0.05) is 32.1 Å². The van der Waals surface area contributed by atoms with Crippen LogP contribution in [0, 0.1) is 0 Å². The highest BCUT2D eigenvalue weighted by Gasteiger charge is 2.37. The summed E-state index contributed by atoms with van der Waals surface area (Å²) in [4.78, 5) is 0. The van der Waals surface area contributed by atoms with E-state index >= 15 is 0 Å². The minimum absolute atomic E-state index is 0.0509. The van der Waals surface area contributed by atoms with Crippen LogP contribution >= 0.6 is 11.6 Å². The highest BCUT2D eigenvalue weighted by Crippen LogP contribution is 2.29. The van der Waals surface area contributed by atoms with Gasteiger partial charge in [-0.3, -0.25) is 0 Å². The van der Waals surface area contributed by atoms with Crippen LogP contribution in [0.25, 0.3) is 0 Å². The zero-order valence-electron chi connectivity index (χ0n) is 8.21. The third-order valence-electron chi connectivity index (χ3n) is 1.74. The van der Waals surface area contributed by atoms with Crippen molar-refractivity contribution in [1.82, 2.24) is 0 Å². The highest BCUT2D eigenvalue weighted by atomic mass is 35.5. The Morgan fingerprint density at radius 3 is 2.00 bits per heavy atom. The van der Waals surface area contributed by atoms with Crippen molar-refractivity contribution in [3.05, 3.63) is 0 Å². The van der Waals surface area contributed by atoms with E-state index in [4.69, 9.17) is 11.6 Å². The molecule has 0 aliphatic heterocycles. The topological polar surface area (TPSA) is 0 Å². The lowest BCUT2D eigenvalue weighted by atomic mass is 10.2. The molecule has 1 atom stereocenters. The van der Waals surface area contributed by atoms with E-state index in [2.05, 4.69) is 19.6 Å². The monoisotopic (exact) mass is 232 g/mol. The fraction of sp³-hybridized carbons (Fsp3) is 1.00. The van der Waals surface area contributed by atoms with E-state index in [0.717, 1.165) is 6.04 Å². The summed E-state index contributed by atoms with van der Waals surface area (Å²) in [5.74, 6) is 0. The van der Waals surface area contributed by atoms with Gasteiger partial charge in [0.05, 0.1) is 0 Å². The lowest BCUT2D eigenvalue weighted by molar-refractivity contribution is -0.131. The van der Waals surface area contributed by atoms with Crippen LogP contribution in [-0.2, 0) is 0 Å². The first kappa shape index (κ1) is 13.3. The molecule has 0 unspecified atom stereocenters. The summed E-state index contributed by atoms with van der Waals surface area (Å²) in [5, 5.41) is -1.66. The zero-order chi connectivity index (χ0) is 10.7. The van der Waals surface area contributed by atoms with Crippen molar-refractivity contribution in [2.75, 3.05) is 0 Å². The molecule has 80 valence electrons. The van der Waals surface area contributed by atoms with Gasteiger partial charge in [0.25, 0.3) is 0 Å². The maximum atomic E-state index is 11.9. The molecular formula is C8H16ClF3Si. The summed E-state index contributed by atoms with van der Waals surface area (Å²) in [7, 11) is -1.21. The molecule has 0 radical (unpaired) electrons. The van der Waals surface area contributed by atoms with Gasteiger partial charge in [-0.2, -0.15) is 13.2 Å². The Morgan fingerprint density at radius 1 is 1.23 bits per heavy atom. The van der Waals surface area contributed by atoms with Crippen molar-refractivity contribution in [1.29, 1.82) is 0 Å². The first-order chi connectivity index (χ1) is 5.63. The van der Waals surface area contributed by atoms with Crippen molar-refractivity contribution in [2.24, 2.45) is 0 Å². The molecule has 0 aliphatic carbocycles. The molecule has 0 N–H and O–H groups in total. The highest BCUT2D eigenvalue weighted by molar-refractivity contribution is 6.76. The lowest BCUT2D eigenvalue weighted by Gasteiger charge is -2.18. The van der Waals surface area contributed by atoms with Crippen molar-refractivity contribution >= 4 is 19.7 Å². The predicted octanol–water partition coefficient (Wildman–Crippen LogP) is 4.27. The summed E-state index contributed by atoms with van der Waals surface area (Å²) in [6, 6.07) is 0.909. The van der Waals surface area contributed by atoms with E-state index in [-0.39, 0.29) is 6.42 Å². The molecule has 0 nitrogen and oxygen atoms in total. The molecule has 5 heteroatoms. The van der Waals surface area contributed by atoms with Gasteiger partial charge in [-0.25, -0.2) is 0 Å². The number of alkyl halides is 4. The smallest absolute Gasteiger partial charge is 0.169 e. The predicted molar refractivity (Wildman–Crippen MR) is 53.1 cm³/mol. The molecule has 0 aromatic rings. The summed E-state index contributed by atoms with van der Waals surface area (Å²) in [5.41, 5.74) is 0. The van der Waals surface area contributed by atoms with Crippen LogP contribution < -0.4 is 0 Å². The van der Waals surface area contributed by atoms with Crippen LogP contribution in [0.15, 0.2) is 0 Å². The van der Waals surface area contributed by atoms with Crippen LogP contribution in [0.1, 0.15) is 12.8 Å². The minimum atomic E-state index is -4.24. The fourth-order valence-corrected chi connectivity index (χ4v) is 2.39. The van der Waals surface area contributed by atoms with Crippen molar-refractivity contribution < 1.29 is 13.2 Å². The van der Waals surface area contributed by atoms with Crippen LogP contribution in [0.2, 0.25) is 25.7 Å². The van der Waals surface area contributed by atoms with Crippen LogP contribution in [-0.4, -0.2) is 19.6 Å². The molecular weight excluding hydrogens is 217 g/mol. The largest absolute Gasteiger partial charge is 0.404 e. The van der Waals surface area contributed by atoms with Gasteiger partial charge in [-0.05, 0) is 6.42 Å². The lowest BCUT2D eigenvalue weighted by Crippen LogP contribution is -2.25. The van der Waals surface area contributed by atoms with E-state index in [0.29, 0.717) is 6.42 Å². The number of hydrogen-bond donors (Lipinski definition) is 0. The molecule has 0 aromatic carbocycles. The summed E-state index contributed by atoms with van der Waals surface area (Å²) < 4.78 is 35.8. The van der Waals surface area contributed by atoms with Gasteiger partial charge < -0.3 is 0 Å². The van der Waals surface area contributed by atoms with E-state index in [1.54, 1.807) is 0 Å². The Balaban J connectivity index is 3.67. The molecule has 0 amide bonds. The Bertz CT molecular complexity index is 150. The van der Waals surface area contributed by atoms with Gasteiger partial charge in [0.15, 0.2) is 0 Å². The van der Waals surface area contributed by atoms with Gasteiger partial charge in [0, 0.05) is 8.07 Å². The van der Waals surface area contributed by atoms with Gasteiger partial charge in [0.2, 0.25) is 0 Å². The Morgan fingerprint density at radius 2 is 1.69 bits per heavy atom. The van der Waals surface area contributed by atoms with Gasteiger partial charge in [-0.15, -0.1) is 11.6 Å². The second kappa shape index (κ2) is 4.69. The quantitative estimate of drug-likeness (QED) is 0.502. The summed E-state index contributed by atoms with van der Waals surface area (Å²) >= 11 is 5.18. The maximum absolute atomic E-state index is 11.9. The zero-order valence-corrected chi connectivity index (χ0v) is 9.97. The van der Waals surface area contributed by atoms with E-state index in [1.165, 1.54) is 0 Å². The molecule has 0 heterocycles. The van der Waals surface area contributed by atoms with Crippen LogP contribution in [0.5, 0.6) is 0 Å². The molecule has 13 heavy (non-hydrogen) atoms. The molecule has 0 aliphatic rings. The van der Waals surface area contributed by atoms with E-state index in [1.807, 2.05) is 0 Å². The Hall–Kier alpha value is 0.297. The normalized spacial score (nSPS) is 15.9. The first-order valence-electron chi connectivity index (χ1n) is 4.34. The molecule has 0 aromatic heterocycles.